The Labute approximate surface area is 237 Å². The number of hydrogen-bond acceptors (Lipinski definition) is 10. The molecule has 0 aromatic rings. The van der Waals surface area contributed by atoms with Gasteiger partial charge >= 0.3 is 0 Å². The Hall–Kier alpha value is -2.62. The van der Waals surface area contributed by atoms with Crippen LogP contribution in [0.1, 0.15) is 44.9 Å². The van der Waals surface area contributed by atoms with Crippen molar-refractivity contribution in [1.29, 1.82) is 0 Å². The zero-order chi connectivity index (χ0) is 29.9. The number of amides is 4. The molecule has 0 saturated carbocycles. The zero-order valence-electron chi connectivity index (χ0n) is 23.8. The first-order chi connectivity index (χ1) is 19.3. The van der Waals surface area contributed by atoms with Gasteiger partial charge < -0.3 is 52.7 Å². The van der Waals surface area contributed by atoms with Crippen molar-refractivity contribution in [2.45, 2.75) is 50.5 Å². The average Bonchev–Trinajstić information content (AvgIpc) is 2.93. The number of rotatable bonds is 27. The van der Waals surface area contributed by atoms with Gasteiger partial charge in [0.2, 0.25) is 23.6 Å². The predicted molar refractivity (Wildman–Crippen MR) is 152 cm³/mol. The fraction of sp³-hybridized carbons (Fsp3) is 0.769. The summed E-state index contributed by atoms with van der Waals surface area (Å²) in [6.45, 7) is 6.83. The van der Waals surface area contributed by atoms with E-state index >= 15 is 0 Å². The van der Waals surface area contributed by atoms with Crippen LogP contribution in [-0.2, 0) is 33.4 Å². The van der Waals surface area contributed by atoms with E-state index in [2.05, 4.69) is 27.8 Å². The molecule has 0 rings (SSSR count). The molecule has 0 bridgehead atoms. The van der Waals surface area contributed by atoms with Crippen LogP contribution in [0.2, 0.25) is 0 Å². The summed E-state index contributed by atoms with van der Waals surface area (Å²) in [5.74, 6) is -1.01. The van der Waals surface area contributed by atoms with Gasteiger partial charge in [0.05, 0.1) is 39.6 Å². The van der Waals surface area contributed by atoms with Crippen LogP contribution in [-0.4, -0.2) is 108 Å². The molecule has 0 fully saturated rings. The Kier molecular flexibility index (Phi) is 23.7. The minimum absolute atomic E-state index is 0.00629. The molecule has 0 aliphatic rings. The predicted octanol–water partition coefficient (Wildman–Crippen LogP) is -1.97. The van der Waals surface area contributed by atoms with Crippen LogP contribution < -0.4 is 38.5 Å². The van der Waals surface area contributed by atoms with Crippen molar-refractivity contribution in [2.75, 3.05) is 78.9 Å². The van der Waals surface area contributed by atoms with Crippen LogP contribution in [0.15, 0.2) is 12.7 Å². The smallest absolute Gasteiger partial charge is 0.222 e. The SMILES string of the molecule is C=CCOCC(COCCC(=O)NCCCN)(COCCC(=O)NCCCN)NC(=O)CCC(=O)NCCCN. The monoisotopic (exact) mass is 573 g/mol. The Morgan fingerprint density at radius 2 is 1.02 bits per heavy atom. The topological polar surface area (TPSA) is 222 Å². The van der Waals surface area contributed by atoms with Crippen LogP contribution in [0.25, 0.3) is 0 Å². The van der Waals surface area contributed by atoms with Crippen LogP contribution in [0, 0.1) is 0 Å². The maximum absolute atomic E-state index is 12.9. The highest BCUT2D eigenvalue weighted by Crippen LogP contribution is 2.11. The fourth-order valence-electron chi connectivity index (χ4n) is 3.28. The normalized spacial score (nSPS) is 11.1. The van der Waals surface area contributed by atoms with Gasteiger partial charge in [-0.15, -0.1) is 6.58 Å². The molecule has 0 aliphatic heterocycles. The van der Waals surface area contributed by atoms with Gasteiger partial charge in [0.15, 0.2) is 0 Å². The minimum atomic E-state index is -1.14. The molecule has 0 heterocycles. The number of nitrogens with one attached hydrogen (secondary N) is 4. The van der Waals surface area contributed by atoms with Gasteiger partial charge in [-0.25, -0.2) is 0 Å². The molecule has 0 unspecified atom stereocenters. The van der Waals surface area contributed by atoms with Crippen molar-refractivity contribution in [3.05, 3.63) is 12.7 Å². The second-order valence-corrected chi connectivity index (χ2v) is 9.21. The van der Waals surface area contributed by atoms with E-state index < -0.39 is 11.4 Å². The van der Waals surface area contributed by atoms with E-state index in [0.29, 0.717) is 58.5 Å². The van der Waals surface area contributed by atoms with E-state index in [0.717, 1.165) is 0 Å². The Bertz CT molecular complexity index is 696. The number of ether oxygens (including phenoxy) is 3. The molecule has 0 atom stereocenters. The molecule has 0 saturated heterocycles. The summed E-state index contributed by atoms with van der Waals surface area (Å²) in [6.07, 6.45) is 3.73. The standard InChI is InChI=1S/C26H51N7O7/c1-2-16-38-19-26(20-39-17-8-23(35)31-14-4-11-28,21-40-18-9-24(36)32-15-5-12-29)33-25(37)7-6-22(34)30-13-3-10-27/h2H,1,3-21,27-29H2,(H,30,34)(H,31,35)(H,32,36)(H,33,37). The summed E-state index contributed by atoms with van der Waals surface area (Å²) >= 11 is 0. The molecule has 4 amide bonds. The van der Waals surface area contributed by atoms with E-state index in [1.807, 2.05) is 0 Å². The summed E-state index contributed by atoms with van der Waals surface area (Å²) < 4.78 is 17.2. The average molecular weight is 574 g/mol. The van der Waals surface area contributed by atoms with Crippen molar-refractivity contribution in [3.8, 4) is 0 Å². The van der Waals surface area contributed by atoms with Crippen molar-refractivity contribution in [1.82, 2.24) is 21.3 Å². The molecule has 0 aromatic heterocycles. The molecular formula is C26H51N7O7. The maximum Gasteiger partial charge on any atom is 0.222 e. The fourth-order valence-corrected chi connectivity index (χ4v) is 3.28. The highest BCUT2D eigenvalue weighted by Gasteiger charge is 2.34. The van der Waals surface area contributed by atoms with Crippen molar-refractivity contribution in [2.24, 2.45) is 17.2 Å². The molecule has 232 valence electrons. The molecule has 0 radical (unpaired) electrons. The first kappa shape index (κ1) is 37.4. The van der Waals surface area contributed by atoms with Crippen LogP contribution >= 0.6 is 0 Å². The summed E-state index contributed by atoms with van der Waals surface area (Å²) in [5, 5.41) is 11.1. The number of carbonyl (C=O) groups is 4. The molecule has 14 nitrogen and oxygen atoms in total. The lowest BCUT2D eigenvalue weighted by Crippen LogP contribution is -2.58. The van der Waals surface area contributed by atoms with Crippen LogP contribution in [0.5, 0.6) is 0 Å². The van der Waals surface area contributed by atoms with Gasteiger partial charge in [-0.2, -0.15) is 0 Å². The van der Waals surface area contributed by atoms with Gasteiger partial charge in [0, 0.05) is 45.3 Å². The third kappa shape index (κ3) is 21.2. The highest BCUT2D eigenvalue weighted by atomic mass is 16.5. The third-order valence-corrected chi connectivity index (χ3v) is 5.41. The summed E-state index contributed by atoms with van der Waals surface area (Å²) in [7, 11) is 0. The van der Waals surface area contributed by atoms with E-state index in [1.54, 1.807) is 6.08 Å². The van der Waals surface area contributed by atoms with Gasteiger partial charge in [-0.1, -0.05) is 6.08 Å². The number of nitrogens with two attached hydrogens (primary N) is 3. The van der Waals surface area contributed by atoms with Gasteiger partial charge in [0.25, 0.3) is 0 Å². The van der Waals surface area contributed by atoms with Gasteiger partial charge in [0.1, 0.15) is 5.54 Å². The molecule has 14 heteroatoms. The van der Waals surface area contributed by atoms with Crippen LogP contribution in [0.4, 0.5) is 0 Å². The number of carbonyl (C=O) groups excluding carboxylic acids is 4. The lowest BCUT2D eigenvalue weighted by Gasteiger charge is -2.34. The lowest BCUT2D eigenvalue weighted by atomic mass is 10.0. The summed E-state index contributed by atoms with van der Waals surface area (Å²) in [6, 6.07) is 0. The van der Waals surface area contributed by atoms with E-state index in [4.69, 9.17) is 31.4 Å². The zero-order valence-corrected chi connectivity index (χ0v) is 23.8. The Balaban J connectivity index is 5.18. The molecular weight excluding hydrogens is 522 g/mol. The molecule has 10 N–H and O–H groups in total. The summed E-state index contributed by atoms with van der Waals surface area (Å²) in [4.78, 5) is 48.9. The molecule has 40 heavy (non-hydrogen) atoms. The molecule has 0 aromatic carbocycles. The lowest BCUT2D eigenvalue weighted by molar-refractivity contribution is -0.131. The van der Waals surface area contributed by atoms with E-state index in [-0.39, 0.29) is 83.0 Å². The first-order valence-corrected chi connectivity index (χ1v) is 13.9. The van der Waals surface area contributed by atoms with Crippen molar-refractivity contribution in [3.63, 3.8) is 0 Å². The van der Waals surface area contributed by atoms with Crippen LogP contribution in [0.3, 0.4) is 0 Å². The third-order valence-electron chi connectivity index (χ3n) is 5.41. The van der Waals surface area contributed by atoms with Crippen molar-refractivity contribution < 1.29 is 33.4 Å². The summed E-state index contributed by atoms with van der Waals surface area (Å²) in [5.41, 5.74) is 15.2. The Morgan fingerprint density at radius 3 is 1.45 bits per heavy atom. The van der Waals surface area contributed by atoms with E-state index in [9.17, 15) is 19.2 Å². The largest absolute Gasteiger partial charge is 0.378 e. The molecule has 0 aliphatic carbocycles. The Morgan fingerprint density at radius 1 is 0.625 bits per heavy atom. The van der Waals surface area contributed by atoms with Crippen molar-refractivity contribution >= 4 is 23.6 Å². The highest BCUT2D eigenvalue weighted by molar-refractivity contribution is 5.84. The quantitative estimate of drug-likeness (QED) is 0.0424. The van der Waals surface area contributed by atoms with E-state index in [1.165, 1.54) is 0 Å². The number of hydrogen-bond donors (Lipinski definition) is 7. The second-order valence-electron chi connectivity index (χ2n) is 9.21. The second kappa shape index (κ2) is 25.4. The first-order valence-electron chi connectivity index (χ1n) is 13.9. The van der Waals surface area contributed by atoms with Gasteiger partial charge in [-0.3, -0.25) is 19.2 Å². The van der Waals surface area contributed by atoms with Gasteiger partial charge in [-0.05, 0) is 38.9 Å². The minimum Gasteiger partial charge on any atom is -0.378 e. The molecule has 0 spiro atoms. The maximum atomic E-state index is 12.9.